The summed E-state index contributed by atoms with van der Waals surface area (Å²) in [6.07, 6.45) is 5.57. The summed E-state index contributed by atoms with van der Waals surface area (Å²) in [7, 11) is 0. The van der Waals surface area contributed by atoms with Crippen molar-refractivity contribution in [1.29, 1.82) is 5.26 Å². The second-order valence-corrected chi connectivity index (χ2v) is 4.32. The summed E-state index contributed by atoms with van der Waals surface area (Å²) in [5.41, 5.74) is 1.47. The Bertz CT molecular complexity index is 574. The molecule has 1 fully saturated rings. The van der Waals surface area contributed by atoms with Gasteiger partial charge in [-0.15, -0.1) is 0 Å². The number of aromatic nitrogens is 3. The zero-order valence-electron chi connectivity index (χ0n) is 9.43. The Labute approximate surface area is 99.1 Å². The molecular weight excluding hydrogens is 214 g/mol. The first-order chi connectivity index (χ1) is 8.38. The number of rotatable bonds is 1. The topological polar surface area (TPSA) is 66.5 Å². The van der Waals surface area contributed by atoms with Gasteiger partial charge >= 0.3 is 0 Å². The van der Waals surface area contributed by atoms with Crippen molar-refractivity contribution in [2.24, 2.45) is 0 Å². The lowest BCUT2D eigenvalue weighted by Crippen LogP contribution is -2.29. The van der Waals surface area contributed by atoms with Gasteiger partial charge in [-0.3, -0.25) is 0 Å². The van der Waals surface area contributed by atoms with Gasteiger partial charge in [-0.2, -0.15) is 10.4 Å². The summed E-state index contributed by atoms with van der Waals surface area (Å²) >= 11 is 0. The van der Waals surface area contributed by atoms with Crippen LogP contribution in [0.5, 0.6) is 0 Å². The molecule has 0 bridgehead atoms. The van der Waals surface area contributed by atoms with Crippen molar-refractivity contribution in [3.8, 4) is 6.07 Å². The minimum atomic E-state index is 0.425. The van der Waals surface area contributed by atoms with Crippen LogP contribution in [-0.4, -0.2) is 27.9 Å². The summed E-state index contributed by atoms with van der Waals surface area (Å²) in [5.74, 6) is 0. The predicted octanol–water partition coefficient (Wildman–Crippen LogP) is 1.23. The fourth-order valence-electron chi connectivity index (χ4n) is 2.32. The van der Waals surface area contributed by atoms with Crippen LogP contribution in [0.2, 0.25) is 0 Å². The van der Waals surface area contributed by atoms with Crippen LogP contribution >= 0.6 is 0 Å². The number of nitrogens with one attached hydrogen (secondary N) is 1. The van der Waals surface area contributed by atoms with Gasteiger partial charge in [0.15, 0.2) is 5.65 Å². The first-order valence-electron chi connectivity index (χ1n) is 5.82. The van der Waals surface area contributed by atoms with Crippen LogP contribution in [-0.2, 0) is 0 Å². The predicted molar refractivity (Wildman–Crippen MR) is 63.4 cm³/mol. The SMILES string of the molecule is N#Cc1cnc2c(cnn2C2CCNCC2)c1. The maximum atomic E-state index is 8.83. The molecule has 5 nitrogen and oxygen atoms in total. The number of nitrogens with zero attached hydrogens (tertiary/aromatic N) is 4. The maximum Gasteiger partial charge on any atom is 0.158 e. The van der Waals surface area contributed by atoms with Crippen molar-refractivity contribution in [2.45, 2.75) is 18.9 Å². The van der Waals surface area contributed by atoms with Crippen molar-refractivity contribution in [1.82, 2.24) is 20.1 Å². The third-order valence-corrected chi connectivity index (χ3v) is 3.22. The van der Waals surface area contributed by atoms with E-state index in [-0.39, 0.29) is 0 Å². The van der Waals surface area contributed by atoms with E-state index in [1.54, 1.807) is 12.4 Å². The molecule has 0 radical (unpaired) electrons. The lowest BCUT2D eigenvalue weighted by molar-refractivity contribution is 0.350. The highest BCUT2D eigenvalue weighted by Gasteiger charge is 2.18. The van der Waals surface area contributed by atoms with E-state index in [0.29, 0.717) is 11.6 Å². The highest BCUT2D eigenvalue weighted by Crippen LogP contribution is 2.22. The van der Waals surface area contributed by atoms with Crippen LogP contribution in [0.25, 0.3) is 11.0 Å². The lowest BCUT2D eigenvalue weighted by Gasteiger charge is -2.23. The van der Waals surface area contributed by atoms with Gasteiger partial charge in [-0.25, -0.2) is 9.67 Å². The molecule has 0 unspecified atom stereocenters. The first kappa shape index (κ1) is 10.2. The van der Waals surface area contributed by atoms with Crippen LogP contribution in [0.4, 0.5) is 0 Å². The fourth-order valence-corrected chi connectivity index (χ4v) is 2.32. The molecule has 0 saturated carbocycles. The molecule has 1 saturated heterocycles. The molecule has 1 N–H and O–H groups in total. The Morgan fingerprint density at radius 1 is 1.35 bits per heavy atom. The van der Waals surface area contributed by atoms with Crippen LogP contribution in [0.1, 0.15) is 24.4 Å². The Morgan fingerprint density at radius 2 is 2.18 bits per heavy atom. The van der Waals surface area contributed by atoms with Gasteiger partial charge < -0.3 is 5.32 Å². The molecule has 2 aromatic rings. The molecule has 0 atom stereocenters. The molecule has 2 aromatic heterocycles. The summed E-state index contributed by atoms with van der Waals surface area (Å²) < 4.78 is 2.00. The average molecular weight is 227 g/mol. The van der Waals surface area contributed by atoms with Gasteiger partial charge in [0.25, 0.3) is 0 Å². The monoisotopic (exact) mass is 227 g/mol. The van der Waals surface area contributed by atoms with Crippen molar-refractivity contribution in [3.63, 3.8) is 0 Å². The minimum absolute atomic E-state index is 0.425. The summed E-state index contributed by atoms with van der Waals surface area (Å²) in [5, 5.41) is 17.5. The number of nitriles is 1. The fraction of sp³-hybridized carbons (Fsp3) is 0.417. The lowest BCUT2D eigenvalue weighted by atomic mass is 10.1. The number of piperidine rings is 1. The summed E-state index contributed by atoms with van der Waals surface area (Å²) in [4.78, 5) is 4.34. The Balaban J connectivity index is 2.03. The molecule has 86 valence electrons. The average Bonchev–Trinajstić information content (AvgIpc) is 2.82. The smallest absolute Gasteiger partial charge is 0.158 e. The van der Waals surface area contributed by atoms with Crippen molar-refractivity contribution < 1.29 is 0 Å². The Kier molecular flexibility index (Phi) is 2.50. The molecule has 0 aromatic carbocycles. The van der Waals surface area contributed by atoms with Crippen molar-refractivity contribution in [2.75, 3.05) is 13.1 Å². The van der Waals surface area contributed by atoms with Crippen LogP contribution in [0.15, 0.2) is 18.5 Å². The van der Waals surface area contributed by atoms with Gasteiger partial charge in [0.2, 0.25) is 0 Å². The first-order valence-corrected chi connectivity index (χ1v) is 5.82. The van der Waals surface area contributed by atoms with Gasteiger partial charge in [0.1, 0.15) is 6.07 Å². The van der Waals surface area contributed by atoms with E-state index in [0.717, 1.165) is 37.0 Å². The third kappa shape index (κ3) is 1.77. The number of hydrogen-bond acceptors (Lipinski definition) is 4. The molecular formula is C12H13N5. The maximum absolute atomic E-state index is 8.83. The highest BCUT2D eigenvalue weighted by molar-refractivity contribution is 5.75. The summed E-state index contributed by atoms with van der Waals surface area (Å²) in [6.45, 7) is 2.06. The van der Waals surface area contributed by atoms with Crippen LogP contribution < -0.4 is 5.32 Å². The molecule has 3 rings (SSSR count). The van der Waals surface area contributed by atoms with E-state index >= 15 is 0 Å². The van der Waals surface area contributed by atoms with E-state index in [2.05, 4.69) is 21.5 Å². The van der Waals surface area contributed by atoms with Crippen molar-refractivity contribution >= 4 is 11.0 Å². The molecule has 1 aliphatic heterocycles. The molecule has 0 aliphatic carbocycles. The van der Waals surface area contributed by atoms with Crippen molar-refractivity contribution in [3.05, 3.63) is 24.0 Å². The number of fused-ring (bicyclic) bond motifs is 1. The number of pyridine rings is 1. The zero-order valence-corrected chi connectivity index (χ0v) is 9.43. The molecule has 0 spiro atoms. The second-order valence-electron chi connectivity index (χ2n) is 4.32. The molecule has 3 heterocycles. The molecule has 0 amide bonds. The van der Waals surface area contributed by atoms with Gasteiger partial charge in [0.05, 0.1) is 17.8 Å². The second kappa shape index (κ2) is 4.15. The van der Waals surface area contributed by atoms with E-state index in [4.69, 9.17) is 5.26 Å². The standard InChI is InChI=1S/C12H13N5/c13-6-9-5-10-8-16-17(12(10)15-7-9)11-1-3-14-4-2-11/h5,7-8,11,14H,1-4H2. The zero-order chi connectivity index (χ0) is 11.7. The van der Waals surface area contributed by atoms with Crippen LogP contribution in [0, 0.1) is 11.3 Å². The third-order valence-electron chi connectivity index (χ3n) is 3.22. The van der Waals surface area contributed by atoms with E-state index < -0.39 is 0 Å². The largest absolute Gasteiger partial charge is 0.317 e. The van der Waals surface area contributed by atoms with E-state index in [1.165, 1.54) is 0 Å². The highest BCUT2D eigenvalue weighted by atomic mass is 15.3. The van der Waals surface area contributed by atoms with Gasteiger partial charge in [-0.05, 0) is 32.0 Å². The normalized spacial score (nSPS) is 17.1. The molecule has 17 heavy (non-hydrogen) atoms. The van der Waals surface area contributed by atoms with Gasteiger partial charge in [-0.1, -0.05) is 0 Å². The Hall–Kier alpha value is -1.93. The summed E-state index contributed by atoms with van der Waals surface area (Å²) in [6, 6.07) is 4.36. The molecule has 5 heteroatoms. The van der Waals surface area contributed by atoms with Gasteiger partial charge in [0, 0.05) is 11.6 Å². The van der Waals surface area contributed by atoms with E-state index in [9.17, 15) is 0 Å². The van der Waals surface area contributed by atoms with E-state index in [1.807, 2.05) is 10.7 Å². The van der Waals surface area contributed by atoms with Crippen LogP contribution in [0.3, 0.4) is 0 Å². The number of hydrogen-bond donors (Lipinski definition) is 1. The minimum Gasteiger partial charge on any atom is -0.317 e. The Morgan fingerprint density at radius 3 is 2.94 bits per heavy atom. The molecule has 1 aliphatic rings. The quantitative estimate of drug-likeness (QED) is 0.795.